The van der Waals surface area contributed by atoms with E-state index in [0.29, 0.717) is 41.7 Å². The summed E-state index contributed by atoms with van der Waals surface area (Å²) in [5.74, 6) is 0.788. The summed E-state index contributed by atoms with van der Waals surface area (Å²) in [5.41, 5.74) is 1.24. The van der Waals surface area contributed by atoms with Gasteiger partial charge in [-0.25, -0.2) is 8.78 Å². The summed E-state index contributed by atoms with van der Waals surface area (Å²) >= 11 is 0. The molecule has 0 saturated carbocycles. The summed E-state index contributed by atoms with van der Waals surface area (Å²) in [6, 6.07) is 0. The van der Waals surface area contributed by atoms with Gasteiger partial charge in [0.05, 0.1) is 0 Å². The predicted molar refractivity (Wildman–Crippen MR) is 96.5 cm³/mol. The smallest absolute Gasteiger partial charge is 0.158 e. The number of hydrogen-bond acceptors (Lipinski definition) is 0. The molecule has 0 amide bonds. The minimum Gasteiger partial charge on any atom is -0.204 e. The molecule has 0 aliphatic heterocycles. The van der Waals surface area contributed by atoms with Crippen LogP contribution in [0.15, 0.2) is 35.5 Å². The predicted octanol–water partition coefficient (Wildman–Crippen LogP) is 7.54. The normalized spacial score (nSPS) is 21.2. The molecule has 0 N–H and O–H groups in total. The summed E-state index contributed by atoms with van der Waals surface area (Å²) in [4.78, 5) is 0. The molecule has 0 aromatic rings. The average Bonchev–Trinajstić information content (AvgIpc) is 2.54. The van der Waals surface area contributed by atoms with Crippen molar-refractivity contribution in [1.29, 1.82) is 0 Å². The van der Waals surface area contributed by atoms with E-state index in [9.17, 15) is 8.78 Å². The summed E-state index contributed by atoms with van der Waals surface area (Å²) in [5, 5.41) is 0. The zero-order chi connectivity index (χ0) is 17.6. The van der Waals surface area contributed by atoms with Crippen LogP contribution in [0, 0.1) is 23.7 Å². The lowest BCUT2D eigenvalue weighted by Crippen LogP contribution is -2.13. The fraction of sp³-hybridized carbons (Fsp3) is 0.714. The molecule has 0 aromatic carbocycles. The fourth-order valence-corrected chi connectivity index (χ4v) is 3.23. The van der Waals surface area contributed by atoms with Gasteiger partial charge in [0, 0.05) is 0 Å². The molecule has 0 fully saturated rings. The van der Waals surface area contributed by atoms with E-state index in [0.717, 1.165) is 12.8 Å². The molecular formula is C21H34F2. The highest BCUT2D eigenvalue weighted by molar-refractivity contribution is 5.34. The Hall–Kier alpha value is -0.920. The Bertz CT molecular complexity index is 458. The SMILES string of the molecule is C=CC(C)CCC(C)C(C)CCC(C)C1=C(F)C(F)=C(C)CC1. The molecule has 0 spiro atoms. The zero-order valence-electron chi connectivity index (χ0n) is 15.6. The lowest BCUT2D eigenvalue weighted by Gasteiger charge is -2.25. The van der Waals surface area contributed by atoms with Crippen LogP contribution in [-0.2, 0) is 0 Å². The molecule has 0 bridgehead atoms. The van der Waals surface area contributed by atoms with Gasteiger partial charge in [-0.05, 0) is 80.3 Å². The summed E-state index contributed by atoms with van der Waals surface area (Å²) in [6.07, 6.45) is 7.75. The molecule has 4 unspecified atom stereocenters. The molecule has 4 atom stereocenters. The molecule has 1 rings (SSSR count). The van der Waals surface area contributed by atoms with Gasteiger partial charge in [-0.15, -0.1) is 6.58 Å². The Labute approximate surface area is 141 Å². The van der Waals surface area contributed by atoms with E-state index in [-0.39, 0.29) is 5.92 Å². The zero-order valence-corrected chi connectivity index (χ0v) is 15.6. The highest BCUT2D eigenvalue weighted by atomic mass is 19.2. The fourth-order valence-electron chi connectivity index (χ4n) is 3.23. The van der Waals surface area contributed by atoms with Crippen LogP contribution in [0.25, 0.3) is 0 Å². The van der Waals surface area contributed by atoms with E-state index in [1.54, 1.807) is 6.92 Å². The van der Waals surface area contributed by atoms with Crippen molar-refractivity contribution in [2.45, 2.75) is 73.1 Å². The van der Waals surface area contributed by atoms with Crippen LogP contribution in [0.5, 0.6) is 0 Å². The van der Waals surface area contributed by atoms with Crippen molar-refractivity contribution >= 4 is 0 Å². The summed E-state index contributed by atoms with van der Waals surface area (Å²) in [7, 11) is 0. The van der Waals surface area contributed by atoms with Crippen LogP contribution >= 0.6 is 0 Å². The van der Waals surface area contributed by atoms with Crippen LogP contribution in [-0.4, -0.2) is 0 Å². The van der Waals surface area contributed by atoms with Gasteiger partial charge in [0.2, 0.25) is 0 Å². The van der Waals surface area contributed by atoms with Crippen molar-refractivity contribution in [3.8, 4) is 0 Å². The second kappa shape index (κ2) is 9.39. The van der Waals surface area contributed by atoms with Gasteiger partial charge in [0.1, 0.15) is 0 Å². The van der Waals surface area contributed by atoms with Crippen LogP contribution in [0.3, 0.4) is 0 Å². The third-order valence-corrected chi connectivity index (χ3v) is 5.72. The largest absolute Gasteiger partial charge is 0.204 e. The van der Waals surface area contributed by atoms with E-state index in [2.05, 4.69) is 27.4 Å². The minimum absolute atomic E-state index is 0.135. The Morgan fingerprint density at radius 1 is 0.913 bits per heavy atom. The average molecular weight is 324 g/mol. The monoisotopic (exact) mass is 324 g/mol. The van der Waals surface area contributed by atoms with Crippen LogP contribution < -0.4 is 0 Å². The standard InChI is InChI=1S/C21H34F2/c1-7-14(2)8-9-15(3)16(4)10-11-17(5)19-13-12-18(6)20(22)21(19)23/h7,14-17H,1,8-13H2,2-6H3. The van der Waals surface area contributed by atoms with Crippen LogP contribution in [0.2, 0.25) is 0 Å². The van der Waals surface area contributed by atoms with Gasteiger partial charge in [-0.2, -0.15) is 0 Å². The van der Waals surface area contributed by atoms with Gasteiger partial charge >= 0.3 is 0 Å². The number of hydrogen-bond donors (Lipinski definition) is 0. The minimum atomic E-state index is -0.613. The number of allylic oxidation sites excluding steroid dienone is 5. The van der Waals surface area contributed by atoms with E-state index in [4.69, 9.17) is 0 Å². The summed E-state index contributed by atoms with van der Waals surface area (Å²) in [6.45, 7) is 14.4. The molecule has 0 aromatic heterocycles. The highest BCUT2D eigenvalue weighted by Gasteiger charge is 2.24. The summed E-state index contributed by atoms with van der Waals surface area (Å²) < 4.78 is 27.9. The second-order valence-corrected chi connectivity index (χ2v) is 7.66. The molecule has 0 radical (unpaired) electrons. The van der Waals surface area contributed by atoms with Gasteiger partial charge < -0.3 is 0 Å². The molecule has 0 nitrogen and oxygen atoms in total. The van der Waals surface area contributed by atoms with Gasteiger partial charge in [0.15, 0.2) is 11.7 Å². The van der Waals surface area contributed by atoms with Crippen molar-refractivity contribution in [1.82, 2.24) is 0 Å². The molecule has 132 valence electrons. The van der Waals surface area contributed by atoms with Crippen molar-refractivity contribution in [3.05, 3.63) is 35.5 Å². The molecule has 0 heterocycles. The quantitative estimate of drug-likeness (QED) is 0.384. The highest BCUT2D eigenvalue weighted by Crippen LogP contribution is 2.37. The van der Waals surface area contributed by atoms with Crippen molar-refractivity contribution < 1.29 is 8.78 Å². The van der Waals surface area contributed by atoms with Gasteiger partial charge in [0.25, 0.3) is 0 Å². The van der Waals surface area contributed by atoms with Crippen LogP contribution in [0.1, 0.15) is 73.1 Å². The molecular weight excluding hydrogens is 290 g/mol. The topological polar surface area (TPSA) is 0 Å². The van der Waals surface area contributed by atoms with Crippen molar-refractivity contribution in [3.63, 3.8) is 0 Å². The lowest BCUT2D eigenvalue weighted by molar-refractivity contribution is 0.307. The number of halogens is 2. The van der Waals surface area contributed by atoms with E-state index < -0.39 is 11.7 Å². The first-order chi connectivity index (χ1) is 10.8. The molecule has 23 heavy (non-hydrogen) atoms. The first-order valence-corrected chi connectivity index (χ1v) is 9.14. The Morgan fingerprint density at radius 2 is 1.48 bits per heavy atom. The first-order valence-electron chi connectivity index (χ1n) is 9.14. The van der Waals surface area contributed by atoms with Crippen molar-refractivity contribution in [2.24, 2.45) is 23.7 Å². The third kappa shape index (κ3) is 5.90. The van der Waals surface area contributed by atoms with Crippen molar-refractivity contribution in [2.75, 3.05) is 0 Å². The maximum atomic E-state index is 14.1. The van der Waals surface area contributed by atoms with Gasteiger partial charge in [-0.1, -0.05) is 33.8 Å². The van der Waals surface area contributed by atoms with Crippen LogP contribution in [0.4, 0.5) is 8.78 Å². The lowest BCUT2D eigenvalue weighted by atomic mass is 9.81. The first kappa shape index (κ1) is 20.1. The third-order valence-electron chi connectivity index (χ3n) is 5.72. The van der Waals surface area contributed by atoms with E-state index in [1.165, 1.54) is 12.8 Å². The Balaban J connectivity index is 2.49. The van der Waals surface area contributed by atoms with Gasteiger partial charge in [-0.3, -0.25) is 0 Å². The number of rotatable bonds is 9. The molecule has 0 saturated heterocycles. The maximum absolute atomic E-state index is 14.1. The maximum Gasteiger partial charge on any atom is 0.158 e. The molecule has 1 aliphatic rings. The van der Waals surface area contributed by atoms with E-state index >= 15 is 0 Å². The molecule has 2 heteroatoms. The Kier molecular flexibility index (Phi) is 8.22. The Morgan fingerprint density at radius 3 is 2.04 bits per heavy atom. The second-order valence-electron chi connectivity index (χ2n) is 7.66. The molecule has 1 aliphatic carbocycles. The van der Waals surface area contributed by atoms with E-state index in [1.807, 2.05) is 13.0 Å².